The zero-order valence-corrected chi connectivity index (χ0v) is 17.7. The molecule has 2 aromatic carbocycles. The smallest absolute Gasteiger partial charge is 0.255 e. The van der Waals surface area contributed by atoms with Crippen LogP contribution in [0.1, 0.15) is 27.3 Å². The fourth-order valence-electron chi connectivity index (χ4n) is 3.15. The number of ether oxygens (including phenoxy) is 1. The van der Waals surface area contributed by atoms with Crippen LogP contribution in [0.2, 0.25) is 5.02 Å². The largest absolute Gasteiger partial charge is 0.488 e. The average Bonchev–Trinajstić information content (AvgIpc) is 3.23. The minimum absolute atomic E-state index is 0.216. The Morgan fingerprint density at radius 1 is 1.06 bits per heavy atom. The molecule has 0 bridgehead atoms. The van der Waals surface area contributed by atoms with Crippen LogP contribution >= 0.6 is 11.6 Å². The van der Waals surface area contributed by atoms with Crippen molar-refractivity contribution in [3.05, 3.63) is 107 Å². The number of aromatic nitrogens is 3. The van der Waals surface area contributed by atoms with Gasteiger partial charge in [-0.2, -0.15) is 0 Å². The van der Waals surface area contributed by atoms with E-state index >= 15 is 0 Å². The molecular formula is C24H21ClN4O2. The van der Waals surface area contributed by atoms with Crippen molar-refractivity contribution in [2.45, 2.75) is 20.1 Å². The maximum Gasteiger partial charge on any atom is 0.255 e. The van der Waals surface area contributed by atoms with Gasteiger partial charge in [0, 0.05) is 35.7 Å². The molecule has 31 heavy (non-hydrogen) atoms. The van der Waals surface area contributed by atoms with Gasteiger partial charge in [-0.05, 0) is 42.8 Å². The average molecular weight is 433 g/mol. The molecule has 2 aromatic heterocycles. The fraction of sp³-hybridized carbons (Fsp3) is 0.125. The van der Waals surface area contributed by atoms with Crippen molar-refractivity contribution in [2.24, 2.45) is 0 Å². The molecule has 0 saturated carbocycles. The molecule has 0 saturated heterocycles. The summed E-state index contributed by atoms with van der Waals surface area (Å²) in [6.45, 7) is 2.55. The predicted molar refractivity (Wildman–Crippen MR) is 119 cm³/mol. The second-order valence-electron chi connectivity index (χ2n) is 6.93. The third-order valence-corrected chi connectivity index (χ3v) is 5.18. The van der Waals surface area contributed by atoms with E-state index in [0.29, 0.717) is 22.9 Å². The molecule has 0 radical (unpaired) electrons. The van der Waals surface area contributed by atoms with Gasteiger partial charge in [-0.3, -0.25) is 9.36 Å². The van der Waals surface area contributed by atoms with Gasteiger partial charge >= 0.3 is 0 Å². The number of carbonyl (C=O) groups excluding carboxylic acids is 1. The Balaban J connectivity index is 1.44. The number of benzene rings is 2. The van der Waals surface area contributed by atoms with E-state index < -0.39 is 0 Å². The van der Waals surface area contributed by atoms with Crippen molar-refractivity contribution in [3.8, 4) is 11.6 Å². The summed E-state index contributed by atoms with van der Waals surface area (Å²) in [7, 11) is 0. The first kappa shape index (κ1) is 20.6. The van der Waals surface area contributed by atoms with Crippen LogP contribution in [0.5, 0.6) is 5.75 Å². The number of hydrogen-bond donors (Lipinski definition) is 1. The maximum atomic E-state index is 12.8. The second-order valence-corrected chi connectivity index (χ2v) is 7.33. The van der Waals surface area contributed by atoms with Gasteiger partial charge in [-0.1, -0.05) is 41.9 Å². The Bertz CT molecular complexity index is 1210. The van der Waals surface area contributed by atoms with Crippen LogP contribution in [0.15, 0.2) is 79.3 Å². The number of amides is 1. The third-order valence-electron chi connectivity index (χ3n) is 4.81. The molecule has 0 aliphatic rings. The first-order valence-corrected chi connectivity index (χ1v) is 10.2. The molecule has 2 heterocycles. The lowest BCUT2D eigenvalue weighted by atomic mass is 10.1. The first-order chi connectivity index (χ1) is 15.1. The molecule has 0 aliphatic carbocycles. The molecule has 0 fully saturated rings. The number of aryl methyl sites for hydroxylation is 1. The molecule has 1 amide bonds. The van der Waals surface area contributed by atoms with Crippen LogP contribution in [-0.2, 0) is 13.2 Å². The summed E-state index contributed by atoms with van der Waals surface area (Å²) in [4.78, 5) is 21.4. The van der Waals surface area contributed by atoms with Gasteiger partial charge in [0.05, 0.1) is 5.56 Å². The Hall–Kier alpha value is -3.64. The quantitative estimate of drug-likeness (QED) is 0.458. The molecule has 0 atom stereocenters. The molecule has 6 nitrogen and oxygen atoms in total. The van der Waals surface area contributed by atoms with E-state index in [1.165, 1.54) is 0 Å². The number of halogens is 1. The van der Waals surface area contributed by atoms with Crippen molar-refractivity contribution in [1.82, 2.24) is 19.9 Å². The van der Waals surface area contributed by atoms with Crippen LogP contribution in [0.25, 0.3) is 5.82 Å². The summed E-state index contributed by atoms with van der Waals surface area (Å²) in [5.74, 6) is 1.89. The van der Waals surface area contributed by atoms with E-state index in [1.54, 1.807) is 24.5 Å². The zero-order valence-electron chi connectivity index (χ0n) is 17.0. The highest BCUT2D eigenvalue weighted by atomic mass is 35.5. The van der Waals surface area contributed by atoms with E-state index in [4.69, 9.17) is 16.3 Å². The molecule has 0 spiro atoms. The fourth-order valence-corrected chi connectivity index (χ4v) is 3.34. The number of nitrogens with zero attached hydrogens (tertiary/aromatic N) is 3. The maximum absolute atomic E-state index is 12.8. The number of para-hydroxylation sites is 1. The summed E-state index contributed by atoms with van der Waals surface area (Å²) >= 11 is 6.20. The lowest BCUT2D eigenvalue weighted by Crippen LogP contribution is -2.23. The SMILES string of the molecule is Cc1nccn1-c1cc(CNC(=O)c2ccccc2OCc2ccccc2Cl)ccn1. The van der Waals surface area contributed by atoms with E-state index in [1.807, 2.05) is 66.2 Å². The van der Waals surface area contributed by atoms with Gasteiger partial charge in [0.25, 0.3) is 5.91 Å². The van der Waals surface area contributed by atoms with Crippen LogP contribution in [0.3, 0.4) is 0 Å². The molecular weight excluding hydrogens is 412 g/mol. The summed E-state index contributed by atoms with van der Waals surface area (Å²) in [6, 6.07) is 18.4. The van der Waals surface area contributed by atoms with E-state index in [0.717, 1.165) is 22.8 Å². The monoisotopic (exact) mass is 432 g/mol. The highest BCUT2D eigenvalue weighted by Crippen LogP contribution is 2.22. The number of carbonyl (C=O) groups is 1. The normalized spacial score (nSPS) is 10.6. The Labute approximate surface area is 185 Å². The van der Waals surface area contributed by atoms with Crippen molar-refractivity contribution in [1.29, 1.82) is 0 Å². The third kappa shape index (κ3) is 4.92. The molecule has 156 valence electrons. The van der Waals surface area contributed by atoms with E-state index in [-0.39, 0.29) is 12.5 Å². The lowest BCUT2D eigenvalue weighted by molar-refractivity contribution is 0.0946. The van der Waals surface area contributed by atoms with Crippen LogP contribution < -0.4 is 10.1 Å². The van der Waals surface area contributed by atoms with Gasteiger partial charge < -0.3 is 10.1 Å². The van der Waals surface area contributed by atoms with Crippen molar-refractivity contribution >= 4 is 17.5 Å². The highest BCUT2D eigenvalue weighted by molar-refractivity contribution is 6.31. The van der Waals surface area contributed by atoms with Gasteiger partial charge in [0.2, 0.25) is 0 Å². The summed E-state index contributed by atoms with van der Waals surface area (Å²) in [5.41, 5.74) is 2.26. The second kappa shape index (κ2) is 9.45. The van der Waals surface area contributed by atoms with Crippen molar-refractivity contribution in [2.75, 3.05) is 0 Å². The number of pyridine rings is 1. The van der Waals surface area contributed by atoms with Gasteiger partial charge in [-0.15, -0.1) is 0 Å². The Morgan fingerprint density at radius 2 is 1.87 bits per heavy atom. The summed E-state index contributed by atoms with van der Waals surface area (Å²) in [6.07, 6.45) is 5.30. The van der Waals surface area contributed by atoms with Crippen molar-refractivity contribution < 1.29 is 9.53 Å². The Kier molecular flexibility index (Phi) is 6.29. The van der Waals surface area contributed by atoms with Crippen LogP contribution in [0.4, 0.5) is 0 Å². The van der Waals surface area contributed by atoms with Crippen LogP contribution in [-0.4, -0.2) is 20.4 Å². The first-order valence-electron chi connectivity index (χ1n) is 9.80. The number of hydrogen-bond acceptors (Lipinski definition) is 4. The predicted octanol–water partition coefficient (Wildman–Crippen LogP) is 4.74. The number of nitrogens with one attached hydrogen (secondary N) is 1. The van der Waals surface area contributed by atoms with E-state index in [2.05, 4.69) is 15.3 Å². The molecule has 0 aliphatic heterocycles. The standard InChI is InChI=1S/C24H21ClN4O2/c1-17-26-12-13-29(17)23-14-18(10-11-27-23)15-28-24(30)20-7-3-5-9-22(20)31-16-19-6-2-4-8-21(19)25/h2-14H,15-16H2,1H3,(H,28,30). The van der Waals surface area contributed by atoms with Crippen LogP contribution in [0, 0.1) is 6.92 Å². The van der Waals surface area contributed by atoms with Gasteiger partial charge in [-0.25, -0.2) is 9.97 Å². The topological polar surface area (TPSA) is 69.0 Å². The van der Waals surface area contributed by atoms with E-state index in [9.17, 15) is 4.79 Å². The minimum atomic E-state index is -0.216. The molecule has 0 unspecified atom stereocenters. The summed E-state index contributed by atoms with van der Waals surface area (Å²) < 4.78 is 7.78. The zero-order chi connectivity index (χ0) is 21.6. The molecule has 1 N–H and O–H groups in total. The lowest BCUT2D eigenvalue weighted by Gasteiger charge is -2.13. The van der Waals surface area contributed by atoms with Gasteiger partial charge in [0.15, 0.2) is 0 Å². The minimum Gasteiger partial charge on any atom is -0.488 e. The Morgan fingerprint density at radius 3 is 2.68 bits per heavy atom. The number of rotatable bonds is 7. The molecule has 4 rings (SSSR count). The number of imidazole rings is 1. The summed E-state index contributed by atoms with van der Waals surface area (Å²) in [5, 5.41) is 3.59. The highest BCUT2D eigenvalue weighted by Gasteiger charge is 2.13. The van der Waals surface area contributed by atoms with Gasteiger partial charge in [0.1, 0.15) is 24.0 Å². The molecule has 4 aromatic rings. The molecule has 7 heteroatoms. The van der Waals surface area contributed by atoms with Crippen molar-refractivity contribution in [3.63, 3.8) is 0 Å².